The van der Waals surface area contributed by atoms with Gasteiger partial charge in [-0.25, -0.2) is 8.42 Å². The van der Waals surface area contributed by atoms with Crippen molar-refractivity contribution in [2.24, 2.45) is 5.92 Å². The Morgan fingerprint density at radius 1 is 0.971 bits per heavy atom. The normalized spacial score (nSPS) is 21.2. The Labute approximate surface area is 217 Å². The number of hydrogen-bond acceptors (Lipinski definition) is 3. The van der Waals surface area contributed by atoms with Gasteiger partial charge < -0.3 is 5.32 Å². The van der Waals surface area contributed by atoms with Gasteiger partial charge in [0.2, 0.25) is 0 Å². The molecule has 0 saturated carbocycles. The second-order valence-electron chi connectivity index (χ2n) is 10.3. The summed E-state index contributed by atoms with van der Waals surface area (Å²) in [6.07, 6.45) is 5.36. The van der Waals surface area contributed by atoms with E-state index in [9.17, 15) is 8.42 Å². The van der Waals surface area contributed by atoms with E-state index in [1.807, 2.05) is 6.07 Å². The van der Waals surface area contributed by atoms with Gasteiger partial charge in [-0.3, -0.25) is 4.72 Å². The van der Waals surface area contributed by atoms with Gasteiger partial charge in [0.05, 0.1) is 21.6 Å². The first kappa shape index (κ1) is 24.2. The number of anilines is 2. The smallest absolute Gasteiger partial charge is 0.261 e. The molecule has 0 fully saturated rings. The standard InChI is InChI=1S/C28H28Cl2N2O2S/c1-28(2,3)18-9-7-17(8-10-18)27-22-6-4-5-21(22)23-16-20(12-14-25(23)31-27)35(33,34)32-26-13-11-19(29)15-24(26)30/h4-5,7-16,21-22,27,31-32H,6H2,1-3H3/t21-,22+,27+/m0/s1. The molecule has 5 rings (SSSR count). The number of allylic oxidation sites excluding steroid dienone is 2. The van der Waals surface area contributed by atoms with E-state index >= 15 is 0 Å². The van der Waals surface area contributed by atoms with E-state index in [0.717, 1.165) is 17.7 Å². The van der Waals surface area contributed by atoms with Crippen molar-refractivity contribution in [3.05, 3.63) is 99.6 Å². The highest BCUT2D eigenvalue weighted by atomic mass is 35.5. The predicted molar refractivity (Wildman–Crippen MR) is 145 cm³/mol. The van der Waals surface area contributed by atoms with Crippen LogP contribution in [-0.2, 0) is 15.4 Å². The molecule has 1 aliphatic heterocycles. The molecule has 35 heavy (non-hydrogen) atoms. The molecule has 7 heteroatoms. The zero-order valence-electron chi connectivity index (χ0n) is 19.8. The molecule has 0 amide bonds. The summed E-state index contributed by atoms with van der Waals surface area (Å²) < 4.78 is 28.9. The van der Waals surface area contributed by atoms with Crippen LogP contribution >= 0.6 is 23.2 Å². The fourth-order valence-electron chi connectivity index (χ4n) is 5.04. The summed E-state index contributed by atoms with van der Waals surface area (Å²) in [4.78, 5) is 0.205. The van der Waals surface area contributed by atoms with E-state index < -0.39 is 10.0 Å². The van der Waals surface area contributed by atoms with Crippen LogP contribution in [0.3, 0.4) is 0 Å². The van der Waals surface area contributed by atoms with Gasteiger partial charge in [0.25, 0.3) is 10.0 Å². The Morgan fingerprint density at radius 3 is 2.40 bits per heavy atom. The first-order valence-electron chi connectivity index (χ1n) is 11.7. The molecule has 4 nitrogen and oxygen atoms in total. The van der Waals surface area contributed by atoms with E-state index in [1.165, 1.54) is 17.2 Å². The average molecular weight is 528 g/mol. The minimum absolute atomic E-state index is 0.106. The summed E-state index contributed by atoms with van der Waals surface area (Å²) in [6, 6.07) is 19.0. The summed E-state index contributed by atoms with van der Waals surface area (Å²) >= 11 is 12.1. The predicted octanol–water partition coefficient (Wildman–Crippen LogP) is 7.92. The lowest BCUT2D eigenvalue weighted by molar-refractivity contribution is 0.425. The molecule has 1 aliphatic carbocycles. The molecule has 0 bridgehead atoms. The van der Waals surface area contributed by atoms with Crippen molar-refractivity contribution in [3.63, 3.8) is 0 Å². The summed E-state index contributed by atoms with van der Waals surface area (Å²) in [6.45, 7) is 6.65. The second kappa shape index (κ2) is 8.88. The number of halogens is 2. The number of sulfonamides is 1. The summed E-state index contributed by atoms with van der Waals surface area (Å²) in [7, 11) is -3.82. The Kier molecular flexibility index (Phi) is 6.15. The number of nitrogens with one attached hydrogen (secondary N) is 2. The molecular weight excluding hydrogens is 499 g/mol. The molecule has 3 aromatic rings. The number of rotatable bonds is 4. The Morgan fingerprint density at radius 2 is 1.71 bits per heavy atom. The molecule has 2 N–H and O–H groups in total. The summed E-state index contributed by atoms with van der Waals surface area (Å²) in [5.41, 5.74) is 4.92. The van der Waals surface area contributed by atoms with Crippen LogP contribution in [0.1, 0.15) is 55.8 Å². The topological polar surface area (TPSA) is 58.2 Å². The SMILES string of the molecule is CC(C)(C)c1ccc([C@H]2Nc3ccc(S(=O)(=O)Nc4ccc(Cl)cc4Cl)cc3[C@H]3C=CC[C@H]32)cc1. The van der Waals surface area contributed by atoms with Crippen LogP contribution in [0.25, 0.3) is 0 Å². The lowest BCUT2D eigenvalue weighted by atomic mass is 9.76. The fourth-order valence-corrected chi connectivity index (χ4v) is 6.66. The zero-order valence-corrected chi connectivity index (χ0v) is 22.2. The van der Waals surface area contributed by atoms with Gasteiger partial charge in [0.1, 0.15) is 0 Å². The highest BCUT2D eigenvalue weighted by Crippen LogP contribution is 2.50. The summed E-state index contributed by atoms with van der Waals surface area (Å²) in [5, 5.41) is 4.39. The molecule has 0 radical (unpaired) electrons. The van der Waals surface area contributed by atoms with Gasteiger partial charge in [-0.05, 0) is 70.8 Å². The van der Waals surface area contributed by atoms with Crippen LogP contribution in [0.15, 0.2) is 77.7 Å². The highest BCUT2D eigenvalue weighted by Gasteiger charge is 2.38. The van der Waals surface area contributed by atoms with Gasteiger partial charge >= 0.3 is 0 Å². The molecular formula is C28H28Cl2N2O2S. The minimum Gasteiger partial charge on any atom is -0.378 e. The molecule has 0 saturated heterocycles. The van der Waals surface area contributed by atoms with E-state index in [0.29, 0.717) is 16.6 Å². The van der Waals surface area contributed by atoms with Crippen molar-refractivity contribution in [1.82, 2.24) is 0 Å². The third kappa shape index (κ3) is 4.69. The zero-order chi connectivity index (χ0) is 25.0. The Hall–Kier alpha value is -2.47. The molecule has 1 heterocycles. The van der Waals surface area contributed by atoms with Gasteiger partial charge in [-0.1, -0.05) is 80.4 Å². The first-order chi connectivity index (χ1) is 16.5. The third-order valence-electron chi connectivity index (χ3n) is 6.96. The van der Waals surface area contributed by atoms with Crippen molar-refractivity contribution >= 4 is 44.6 Å². The van der Waals surface area contributed by atoms with Crippen LogP contribution in [0.2, 0.25) is 10.0 Å². The van der Waals surface area contributed by atoms with Crippen LogP contribution in [0.4, 0.5) is 11.4 Å². The molecule has 3 atom stereocenters. The van der Waals surface area contributed by atoms with Gasteiger partial charge in [0.15, 0.2) is 0 Å². The van der Waals surface area contributed by atoms with Crippen molar-refractivity contribution < 1.29 is 8.42 Å². The maximum Gasteiger partial charge on any atom is 0.261 e. The molecule has 3 aromatic carbocycles. The number of fused-ring (bicyclic) bond motifs is 3. The van der Waals surface area contributed by atoms with Crippen LogP contribution in [0.5, 0.6) is 0 Å². The van der Waals surface area contributed by atoms with Crippen LogP contribution in [-0.4, -0.2) is 8.42 Å². The third-order valence-corrected chi connectivity index (χ3v) is 8.87. The largest absolute Gasteiger partial charge is 0.378 e. The molecule has 0 aromatic heterocycles. The van der Waals surface area contributed by atoms with Crippen molar-refractivity contribution in [2.45, 2.75) is 49.5 Å². The maximum atomic E-state index is 13.2. The van der Waals surface area contributed by atoms with Crippen LogP contribution in [0, 0.1) is 5.92 Å². The monoisotopic (exact) mass is 526 g/mol. The fraction of sp³-hybridized carbons (Fsp3) is 0.286. The van der Waals surface area contributed by atoms with E-state index in [1.54, 1.807) is 24.3 Å². The van der Waals surface area contributed by atoms with Crippen molar-refractivity contribution in [3.8, 4) is 0 Å². The van der Waals surface area contributed by atoms with Crippen molar-refractivity contribution in [1.29, 1.82) is 0 Å². The first-order valence-corrected chi connectivity index (χ1v) is 13.9. The van der Waals surface area contributed by atoms with Crippen LogP contribution < -0.4 is 10.0 Å². The maximum absolute atomic E-state index is 13.2. The molecule has 0 spiro atoms. The lowest BCUT2D eigenvalue weighted by Crippen LogP contribution is -2.29. The quantitative estimate of drug-likeness (QED) is 0.339. The van der Waals surface area contributed by atoms with E-state index in [4.69, 9.17) is 23.2 Å². The second-order valence-corrected chi connectivity index (χ2v) is 12.9. The number of hydrogen-bond donors (Lipinski definition) is 2. The highest BCUT2D eigenvalue weighted by molar-refractivity contribution is 7.92. The molecule has 2 aliphatic rings. The van der Waals surface area contributed by atoms with Gasteiger partial charge in [0, 0.05) is 16.6 Å². The van der Waals surface area contributed by atoms with Gasteiger partial charge in [-0.15, -0.1) is 0 Å². The van der Waals surface area contributed by atoms with Gasteiger partial charge in [-0.2, -0.15) is 0 Å². The Balaban J connectivity index is 1.46. The number of benzene rings is 3. The molecule has 0 unspecified atom stereocenters. The van der Waals surface area contributed by atoms with Crippen molar-refractivity contribution in [2.75, 3.05) is 10.0 Å². The Bertz CT molecular complexity index is 1410. The summed E-state index contributed by atoms with van der Waals surface area (Å²) in [5.74, 6) is 0.465. The van der Waals surface area contributed by atoms with E-state index in [-0.39, 0.29) is 27.3 Å². The average Bonchev–Trinajstić information content (AvgIpc) is 3.30. The minimum atomic E-state index is -3.82. The van der Waals surface area contributed by atoms with E-state index in [2.05, 4.69) is 67.2 Å². The molecule has 182 valence electrons. The lowest BCUT2D eigenvalue weighted by Gasteiger charge is -2.38.